The summed E-state index contributed by atoms with van der Waals surface area (Å²) in [6, 6.07) is -2.07. The van der Waals surface area contributed by atoms with Crippen LogP contribution in [0.3, 0.4) is 0 Å². The number of allylic oxidation sites excluding steroid dienone is 2. The Morgan fingerprint density at radius 1 is 1.16 bits per heavy atom. The Kier molecular flexibility index (Phi) is 8.47. The second-order valence-electron chi connectivity index (χ2n) is 14.4. The summed E-state index contributed by atoms with van der Waals surface area (Å²) in [4.78, 5) is 44.0. The highest BCUT2D eigenvalue weighted by Crippen LogP contribution is 2.67. The molecule has 10 heteroatoms. The Morgan fingerprint density at radius 2 is 1.88 bits per heavy atom. The lowest BCUT2D eigenvalue weighted by molar-refractivity contribution is -0.150. The van der Waals surface area contributed by atoms with E-state index in [1.54, 1.807) is 13.8 Å². The number of aliphatic hydroxyl groups excluding tert-OH is 1. The molecule has 1 saturated heterocycles. The summed E-state index contributed by atoms with van der Waals surface area (Å²) in [6.07, 6.45) is 14.4. The fourth-order valence-electron chi connectivity index (χ4n) is 9.27. The number of hydrogen-bond acceptors (Lipinski definition) is 7. The molecule has 0 spiro atoms. The Morgan fingerprint density at radius 3 is 2.56 bits per heavy atom. The van der Waals surface area contributed by atoms with Crippen molar-refractivity contribution >= 4 is 23.5 Å². The van der Waals surface area contributed by atoms with Crippen LogP contribution < -0.4 is 5.32 Å². The van der Waals surface area contributed by atoms with E-state index in [0.717, 1.165) is 55.6 Å². The molecule has 3 saturated carbocycles. The van der Waals surface area contributed by atoms with Crippen LogP contribution in [0.2, 0.25) is 0 Å². The van der Waals surface area contributed by atoms with Crippen molar-refractivity contribution < 1.29 is 34.5 Å². The average molecular weight is 598 g/mol. The van der Waals surface area contributed by atoms with Gasteiger partial charge in [-0.05, 0) is 86.5 Å². The molecule has 0 radical (unpaired) electrons. The van der Waals surface area contributed by atoms with E-state index in [0.29, 0.717) is 24.2 Å². The number of nitrogens with one attached hydrogen (secondary N) is 1. The molecule has 4 N–H and O–H groups in total. The first-order valence-corrected chi connectivity index (χ1v) is 15.8. The number of terminal acetylenes is 1. The van der Waals surface area contributed by atoms with E-state index in [1.807, 2.05) is 0 Å². The van der Waals surface area contributed by atoms with Crippen LogP contribution in [0.15, 0.2) is 16.8 Å². The number of aliphatic carboxylic acids is 1. The van der Waals surface area contributed by atoms with Crippen molar-refractivity contribution in [3.05, 3.63) is 11.6 Å². The van der Waals surface area contributed by atoms with Gasteiger partial charge in [0.25, 0.3) is 5.91 Å². The molecular formula is C33H47N3O7. The summed E-state index contributed by atoms with van der Waals surface area (Å²) < 4.78 is 0. The number of carbonyl (C=O) groups is 3. The van der Waals surface area contributed by atoms with Crippen LogP contribution in [-0.4, -0.2) is 80.7 Å². The largest absolute Gasteiger partial charge is 0.480 e. The number of likely N-dealkylation sites (tertiary alicyclic amines) is 1. The Balaban J connectivity index is 1.19. The topological polar surface area (TPSA) is 149 Å². The average Bonchev–Trinajstić information content (AvgIpc) is 3.48. The SMILES string of the molecule is C#C[C@@]1(O)CC[C@H]2[C@@H]3CCC4=C/C(=N\OCC(=O)N[C@H](C(=O)N5C[C@@H](O)C[C@@H]5C(=O)O)C(C)C)CC[C@]4(C)[C@H]3CC[C@@]21C. The molecule has 9 atom stereocenters. The number of nitrogens with zero attached hydrogens (tertiary/aromatic N) is 2. The van der Waals surface area contributed by atoms with Crippen LogP contribution in [-0.2, 0) is 19.2 Å². The van der Waals surface area contributed by atoms with Gasteiger partial charge in [0.2, 0.25) is 5.91 Å². The van der Waals surface area contributed by atoms with Crippen molar-refractivity contribution in [3.8, 4) is 12.3 Å². The number of amides is 2. The van der Waals surface area contributed by atoms with E-state index < -0.39 is 41.6 Å². The highest BCUT2D eigenvalue weighted by molar-refractivity contribution is 5.96. The number of carboxylic acid groups (broad SMARTS) is 1. The molecule has 0 unspecified atom stereocenters. The van der Waals surface area contributed by atoms with Crippen molar-refractivity contribution in [2.45, 2.75) is 109 Å². The van der Waals surface area contributed by atoms with Gasteiger partial charge in [0.15, 0.2) is 6.61 Å². The van der Waals surface area contributed by atoms with Gasteiger partial charge in [0.1, 0.15) is 17.7 Å². The van der Waals surface area contributed by atoms with Crippen LogP contribution >= 0.6 is 0 Å². The van der Waals surface area contributed by atoms with Crippen molar-refractivity contribution in [2.75, 3.05) is 13.2 Å². The van der Waals surface area contributed by atoms with Crippen LogP contribution in [0.5, 0.6) is 0 Å². The first-order valence-electron chi connectivity index (χ1n) is 15.8. The summed E-state index contributed by atoms with van der Waals surface area (Å²) in [5, 5.41) is 37.6. The number of rotatable bonds is 7. The van der Waals surface area contributed by atoms with Gasteiger partial charge >= 0.3 is 5.97 Å². The molecular weight excluding hydrogens is 550 g/mol. The van der Waals surface area contributed by atoms with E-state index in [2.05, 4.69) is 36.3 Å². The lowest BCUT2D eigenvalue weighted by Gasteiger charge is -2.58. The minimum absolute atomic E-state index is 0.0362. The van der Waals surface area contributed by atoms with Crippen molar-refractivity contribution in [1.82, 2.24) is 10.2 Å². The van der Waals surface area contributed by atoms with Crippen molar-refractivity contribution in [1.29, 1.82) is 0 Å². The molecule has 5 rings (SSSR count). The van der Waals surface area contributed by atoms with Crippen molar-refractivity contribution in [2.24, 2.45) is 39.7 Å². The quantitative estimate of drug-likeness (QED) is 0.261. The Labute approximate surface area is 254 Å². The van der Waals surface area contributed by atoms with Crippen LogP contribution in [0.4, 0.5) is 0 Å². The highest BCUT2D eigenvalue weighted by atomic mass is 16.6. The van der Waals surface area contributed by atoms with Crippen LogP contribution in [0.1, 0.15) is 85.5 Å². The summed E-state index contributed by atoms with van der Waals surface area (Å²) in [5.41, 5.74) is 1.03. The molecule has 4 aliphatic carbocycles. The predicted molar refractivity (Wildman–Crippen MR) is 159 cm³/mol. The number of aliphatic hydroxyl groups is 2. The molecule has 1 heterocycles. The number of β-amino-alcohol motifs (C(OH)–C–C–N with tert-alkyl or cyclic N) is 1. The fraction of sp³-hybridized carbons (Fsp3) is 0.758. The molecule has 0 aromatic rings. The van der Waals surface area contributed by atoms with E-state index in [-0.39, 0.29) is 36.3 Å². The molecule has 0 aromatic heterocycles. The molecule has 10 nitrogen and oxygen atoms in total. The molecule has 1 aliphatic heterocycles. The first-order chi connectivity index (χ1) is 20.2. The highest BCUT2D eigenvalue weighted by Gasteiger charge is 2.63. The van der Waals surface area contributed by atoms with E-state index in [1.165, 1.54) is 5.57 Å². The summed E-state index contributed by atoms with van der Waals surface area (Å²) in [7, 11) is 0. The maximum atomic E-state index is 13.1. The van der Waals surface area contributed by atoms with Gasteiger partial charge in [-0.15, -0.1) is 6.42 Å². The Hall–Kier alpha value is -2.90. The Bertz CT molecular complexity index is 1260. The van der Waals surface area contributed by atoms with Crippen LogP contribution in [0.25, 0.3) is 0 Å². The minimum atomic E-state index is -1.18. The second-order valence-corrected chi connectivity index (χ2v) is 14.4. The zero-order valence-corrected chi connectivity index (χ0v) is 25.8. The zero-order valence-electron chi connectivity index (χ0n) is 25.8. The number of carbonyl (C=O) groups excluding carboxylic acids is 2. The van der Waals surface area contributed by atoms with Crippen LogP contribution in [0, 0.1) is 46.8 Å². The minimum Gasteiger partial charge on any atom is -0.480 e. The van der Waals surface area contributed by atoms with E-state index in [9.17, 15) is 29.7 Å². The van der Waals surface area contributed by atoms with E-state index in [4.69, 9.17) is 11.3 Å². The molecule has 0 bridgehead atoms. The van der Waals surface area contributed by atoms with Gasteiger partial charge in [-0.2, -0.15) is 0 Å². The standard InChI is InChI=1S/C33H47N3O7/c1-6-33(42)14-11-25-23-8-7-20-15-21(9-12-31(20,4)24(23)10-13-32(25,33)5)35-43-18-27(38)34-28(19(2)3)29(39)36-17-22(37)16-26(36)30(40)41/h1,15,19,22-26,28,37,42H,7-14,16-18H2,2-5H3,(H,34,38)(H,40,41)/b35-21-/t22-,23+,24-,25-,26+,28-,31-,32-,33+/m0/s1. The van der Waals surface area contributed by atoms with Gasteiger partial charge in [-0.1, -0.05) is 44.3 Å². The van der Waals surface area contributed by atoms with Gasteiger partial charge in [0, 0.05) is 18.4 Å². The number of fused-ring (bicyclic) bond motifs is 5. The molecule has 5 aliphatic rings. The monoisotopic (exact) mass is 597 g/mol. The molecule has 2 amide bonds. The normalized spacial score (nSPS) is 40.1. The number of hydrogen-bond donors (Lipinski definition) is 4. The second kappa shape index (κ2) is 11.6. The third kappa shape index (κ3) is 5.37. The molecule has 43 heavy (non-hydrogen) atoms. The smallest absolute Gasteiger partial charge is 0.326 e. The van der Waals surface area contributed by atoms with Gasteiger partial charge in [0.05, 0.1) is 11.8 Å². The molecule has 0 aromatic carbocycles. The van der Waals surface area contributed by atoms with Crippen molar-refractivity contribution in [3.63, 3.8) is 0 Å². The zero-order chi connectivity index (χ0) is 31.3. The maximum Gasteiger partial charge on any atom is 0.326 e. The predicted octanol–water partition coefficient (Wildman–Crippen LogP) is 2.87. The summed E-state index contributed by atoms with van der Waals surface area (Å²) in [6.45, 7) is 7.66. The maximum absolute atomic E-state index is 13.1. The number of oxime groups is 1. The van der Waals surface area contributed by atoms with Gasteiger partial charge in [-0.25, -0.2) is 4.79 Å². The summed E-state index contributed by atoms with van der Waals surface area (Å²) in [5.74, 6) is 1.75. The lowest BCUT2D eigenvalue weighted by Crippen LogP contribution is -2.54. The van der Waals surface area contributed by atoms with Gasteiger partial charge in [-0.3, -0.25) is 9.59 Å². The lowest BCUT2D eigenvalue weighted by atomic mass is 9.46. The van der Waals surface area contributed by atoms with Gasteiger partial charge < -0.3 is 30.4 Å². The molecule has 236 valence electrons. The third-order valence-corrected chi connectivity index (χ3v) is 11.8. The molecule has 4 fully saturated rings. The summed E-state index contributed by atoms with van der Waals surface area (Å²) >= 11 is 0. The first kappa shape index (κ1) is 31.5. The third-order valence-electron chi connectivity index (χ3n) is 11.8. The number of carboxylic acids is 1. The fourth-order valence-corrected chi connectivity index (χ4v) is 9.27. The van der Waals surface area contributed by atoms with E-state index >= 15 is 0 Å².